The van der Waals surface area contributed by atoms with Crippen LogP contribution < -0.4 is 0 Å². The minimum atomic E-state index is -2.00. The van der Waals surface area contributed by atoms with E-state index in [1.165, 1.54) is 26.8 Å². The normalized spacial score (nSPS) is 40.1. The zero-order valence-electron chi connectivity index (χ0n) is 46.4. The van der Waals surface area contributed by atoms with Gasteiger partial charge in [-0.3, -0.25) is 14.4 Å². The number of aliphatic hydroxyl groups excluding tert-OH is 8. The fourth-order valence-corrected chi connectivity index (χ4v) is 9.97. The second-order valence-electron chi connectivity index (χ2n) is 21.4. The lowest BCUT2D eigenvalue weighted by Gasteiger charge is -2.51. The molecular weight excluding hydrogens is 1030 g/mol. The first-order valence-corrected chi connectivity index (χ1v) is 28.2. The van der Waals surface area contributed by atoms with Crippen LogP contribution in [0, 0.1) is 11.8 Å². The van der Waals surface area contributed by atoms with Crippen LogP contribution in [-0.2, 0) is 76.0 Å². The Hall–Kier alpha value is -3.02. The van der Waals surface area contributed by atoms with E-state index in [9.17, 15) is 60.0 Å². The van der Waals surface area contributed by atoms with Crippen LogP contribution in [0.3, 0.4) is 0 Å². The fourth-order valence-electron chi connectivity index (χ4n) is 9.97. The van der Waals surface area contributed by atoms with Crippen LogP contribution in [0.2, 0.25) is 0 Å². The first kappa shape index (κ1) is 65.8. The second-order valence-corrected chi connectivity index (χ2v) is 21.4. The average molecular weight is 1120 g/mol. The molecular formula is C54H90O24. The van der Waals surface area contributed by atoms with E-state index in [1.54, 1.807) is 27.7 Å². The summed E-state index contributed by atoms with van der Waals surface area (Å²) in [7, 11) is 0. The summed E-state index contributed by atoms with van der Waals surface area (Å²) < 4.78 is 74.7. The van der Waals surface area contributed by atoms with Gasteiger partial charge in [0.2, 0.25) is 0 Å². The number of aliphatic hydroxyl groups is 8. The summed E-state index contributed by atoms with van der Waals surface area (Å²) in [5.41, 5.74) is 0. The lowest BCUT2D eigenvalue weighted by Crippen LogP contribution is -2.69. The number of carbonyl (C=O) groups is 4. The molecule has 0 saturated carbocycles. The van der Waals surface area contributed by atoms with Crippen molar-refractivity contribution in [2.45, 2.75) is 280 Å². The molecule has 450 valence electrons. The Morgan fingerprint density at radius 2 is 1.24 bits per heavy atom. The predicted octanol–water partition coefficient (Wildman–Crippen LogP) is 1.65. The minimum absolute atomic E-state index is 0.116. The lowest BCUT2D eigenvalue weighted by molar-refractivity contribution is -0.409. The van der Waals surface area contributed by atoms with E-state index in [0.717, 1.165) is 57.4 Å². The van der Waals surface area contributed by atoms with Gasteiger partial charge < -0.3 is 97.7 Å². The van der Waals surface area contributed by atoms with Crippen molar-refractivity contribution in [1.82, 2.24) is 0 Å². The molecule has 0 unspecified atom stereocenters. The van der Waals surface area contributed by atoms with Crippen molar-refractivity contribution in [2.24, 2.45) is 11.8 Å². The average Bonchev–Trinajstić information content (AvgIpc) is 3.50. The highest BCUT2D eigenvalue weighted by Crippen LogP contribution is 2.39. The number of carbonyl (C=O) groups excluding carboxylic acids is 4. The second kappa shape index (κ2) is 32.0. The van der Waals surface area contributed by atoms with Crippen LogP contribution in [0.15, 0.2) is 12.2 Å². The van der Waals surface area contributed by atoms with E-state index < -0.39 is 184 Å². The number of allylic oxidation sites excluding steroid dienone is 1. The largest absolute Gasteiger partial charge is 0.455 e. The smallest absolute Gasteiger partial charge is 0.330 e. The number of ether oxygens (including phenoxy) is 12. The van der Waals surface area contributed by atoms with Gasteiger partial charge in [-0.15, -0.1) is 0 Å². The molecule has 0 radical (unpaired) electrons. The Morgan fingerprint density at radius 3 is 1.88 bits per heavy atom. The van der Waals surface area contributed by atoms with E-state index in [1.807, 2.05) is 0 Å². The Labute approximate surface area is 457 Å². The van der Waals surface area contributed by atoms with Gasteiger partial charge in [0.25, 0.3) is 0 Å². The third-order valence-electron chi connectivity index (χ3n) is 15.3. The summed E-state index contributed by atoms with van der Waals surface area (Å²) in [5.74, 6) is -5.47. The molecule has 5 aliphatic rings. The molecule has 5 fully saturated rings. The van der Waals surface area contributed by atoms with Crippen molar-refractivity contribution >= 4 is 23.9 Å². The van der Waals surface area contributed by atoms with Crippen LogP contribution in [0.25, 0.3) is 0 Å². The van der Waals surface area contributed by atoms with Crippen LogP contribution in [-0.4, -0.2) is 213 Å². The fraction of sp³-hybridized carbons (Fsp3) is 0.889. The molecule has 5 heterocycles. The van der Waals surface area contributed by atoms with Crippen LogP contribution >= 0.6 is 0 Å². The maximum absolute atomic E-state index is 13.9. The highest BCUT2D eigenvalue weighted by molar-refractivity contribution is 5.82. The molecule has 78 heavy (non-hydrogen) atoms. The molecule has 24 heteroatoms. The summed E-state index contributed by atoms with van der Waals surface area (Å²) in [6, 6.07) is 0. The Morgan fingerprint density at radius 1 is 0.628 bits per heavy atom. The van der Waals surface area contributed by atoms with Gasteiger partial charge in [0.15, 0.2) is 49.6 Å². The molecule has 0 aromatic heterocycles. The first-order chi connectivity index (χ1) is 37.2. The van der Waals surface area contributed by atoms with Crippen LogP contribution in [0.4, 0.5) is 0 Å². The number of unbranched alkanes of at least 4 members (excludes halogenated alkanes) is 2. The van der Waals surface area contributed by atoms with Crippen molar-refractivity contribution in [3.8, 4) is 0 Å². The number of hydrogen-bond donors (Lipinski definition) is 8. The molecule has 0 aromatic carbocycles. The molecule has 8 N–H and O–H groups in total. The summed E-state index contributed by atoms with van der Waals surface area (Å²) >= 11 is 0. The zero-order valence-corrected chi connectivity index (χ0v) is 46.4. The van der Waals surface area contributed by atoms with E-state index in [0.29, 0.717) is 32.1 Å². The van der Waals surface area contributed by atoms with E-state index in [-0.39, 0.29) is 6.42 Å². The van der Waals surface area contributed by atoms with E-state index in [4.69, 9.17) is 56.8 Å². The summed E-state index contributed by atoms with van der Waals surface area (Å²) in [6.07, 6.45) is -24.4. The Kier molecular flexibility index (Phi) is 27.0. The molecule has 0 aromatic rings. The quantitative estimate of drug-likeness (QED) is 0.0471. The van der Waals surface area contributed by atoms with Crippen molar-refractivity contribution in [1.29, 1.82) is 0 Å². The molecule has 2 bridgehead atoms. The maximum atomic E-state index is 13.9. The van der Waals surface area contributed by atoms with E-state index in [2.05, 4.69) is 6.92 Å². The minimum Gasteiger partial charge on any atom is -0.455 e. The van der Waals surface area contributed by atoms with Crippen LogP contribution in [0.5, 0.6) is 0 Å². The standard InChI is InChI=1S/C54H90O24/c1-9-12-18-22-32-23-19-16-14-13-15-17-20-24-36(59)73-47-43(74-49(65)27(4)11-3)38(61)33(25-55)70-53(47)76-44-39(62)34(26-56)71-54(77-45-40(63)37(60)30(7)67-51(45)69-32)48(44)78-52-46(75-50(66)28(5)29(6)57)41(64)42(31(8)68-52)72-35(58)21-10-2/h10,21,27-34,37-48,51-57,60-64H,9,11-20,22-26H2,1-8H3/b21-10-/t27-,28-,29+,30+,31-,32-,33+,34+,37+,38+,39+,40-,41-,42-,43-,44-,45+,46+,47+,48+,51-,52-,53-,54-/m0/s1. The van der Waals surface area contributed by atoms with Crippen molar-refractivity contribution in [3.05, 3.63) is 12.2 Å². The highest BCUT2D eigenvalue weighted by atomic mass is 16.8. The summed E-state index contributed by atoms with van der Waals surface area (Å²) in [5, 5.41) is 91.2. The molecule has 0 amide bonds. The SMILES string of the molecule is C/C=C\C(=O)O[C@@H]1[C@H](O)[C@@H](OC(=O)[C@@H](C)[C@@H](C)O)[C@H](O[C@H]2[C@@H]3O[C@H]4[C@H](O[C@@H](CCCCC)CCCCCCCCCC(=O)O[C@H]5[C@H](O[C@H]2[C@H](O)[C@@H](CO)O3)O[C@H](CO)[C@@H](O)[C@@H]5OC(=O)[C@@H](C)CC)O[C@H](C)[C@@H](O)[C@@H]4O)O[C@H]1C. The van der Waals surface area contributed by atoms with E-state index >= 15 is 0 Å². The third kappa shape index (κ3) is 17.5. The van der Waals surface area contributed by atoms with Gasteiger partial charge in [0.05, 0.1) is 49.5 Å². The predicted molar refractivity (Wildman–Crippen MR) is 270 cm³/mol. The van der Waals surface area contributed by atoms with Gasteiger partial charge in [-0.25, -0.2) is 4.79 Å². The van der Waals surface area contributed by atoms with Crippen LogP contribution in [0.1, 0.15) is 145 Å². The topological polar surface area (TPSA) is 341 Å². The number of hydrogen-bond acceptors (Lipinski definition) is 24. The summed E-state index contributed by atoms with van der Waals surface area (Å²) in [4.78, 5) is 53.9. The van der Waals surface area contributed by atoms with Crippen molar-refractivity contribution in [2.75, 3.05) is 13.2 Å². The molecule has 24 nitrogen and oxygen atoms in total. The lowest BCUT2D eigenvalue weighted by atomic mass is 9.95. The first-order valence-electron chi connectivity index (χ1n) is 28.2. The van der Waals surface area contributed by atoms with Gasteiger partial charge in [0.1, 0.15) is 61.0 Å². The van der Waals surface area contributed by atoms with Gasteiger partial charge >= 0.3 is 23.9 Å². The summed E-state index contributed by atoms with van der Waals surface area (Å²) in [6.45, 7) is 10.7. The molecule has 24 atom stereocenters. The highest BCUT2D eigenvalue weighted by Gasteiger charge is 2.59. The van der Waals surface area contributed by atoms with Crippen molar-refractivity contribution < 1.29 is 117 Å². The maximum Gasteiger partial charge on any atom is 0.330 e. The van der Waals surface area contributed by atoms with Crippen molar-refractivity contribution in [3.63, 3.8) is 0 Å². The molecule has 5 aliphatic heterocycles. The van der Waals surface area contributed by atoms with Gasteiger partial charge in [-0.1, -0.05) is 84.6 Å². The molecule has 0 aliphatic carbocycles. The number of fused-ring (bicyclic) bond motifs is 4. The zero-order chi connectivity index (χ0) is 57.4. The molecule has 5 rings (SSSR count). The molecule has 5 saturated heterocycles. The monoisotopic (exact) mass is 1120 g/mol. The van der Waals surface area contributed by atoms with Gasteiger partial charge in [0, 0.05) is 12.5 Å². The Bertz CT molecular complexity index is 1860. The Balaban J connectivity index is 1.70. The third-order valence-corrected chi connectivity index (χ3v) is 15.3. The number of esters is 4. The van der Waals surface area contributed by atoms with Gasteiger partial charge in [-0.05, 0) is 60.3 Å². The number of rotatable bonds is 16. The van der Waals surface area contributed by atoms with Gasteiger partial charge in [-0.2, -0.15) is 0 Å². The molecule has 0 spiro atoms.